The summed E-state index contributed by atoms with van der Waals surface area (Å²) in [6, 6.07) is 5.90. The summed E-state index contributed by atoms with van der Waals surface area (Å²) in [6.45, 7) is 4.58. The predicted molar refractivity (Wildman–Crippen MR) is 156 cm³/mol. The van der Waals surface area contributed by atoms with Gasteiger partial charge in [0.05, 0.1) is 6.54 Å². The first-order chi connectivity index (χ1) is 19.6. The molecule has 11 nitrogen and oxygen atoms in total. The molecule has 2 unspecified atom stereocenters. The SMILES string of the molecule is COCC(=O)N1CCN(CC2CCCN2C(=O)CN2CCCC(NS(=O)(=O)c3cc4cc(Cl)ccc4s3)C2=O)CC1. The first-order valence-electron chi connectivity index (χ1n) is 13.9. The van der Waals surface area contributed by atoms with Crippen molar-refractivity contribution in [1.29, 1.82) is 0 Å². The van der Waals surface area contributed by atoms with Crippen LogP contribution in [0.15, 0.2) is 28.5 Å². The molecule has 0 bridgehead atoms. The fourth-order valence-electron chi connectivity index (χ4n) is 5.87. The Bertz CT molecular complexity index is 1390. The summed E-state index contributed by atoms with van der Waals surface area (Å²) < 4.78 is 34.7. The van der Waals surface area contributed by atoms with E-state index in [4.69, 9.17) is 16.3 Å². The minimum absolute atomic E-state index is 0.00894. The number of piperazine rings is 1. The molecule has 3 fully saturated rings. The topological polar surface area (TPSA) is 120 Å². The van der Waals surface area contributed by atoms with Gasteiger partial charge in [0.2, 0.25) is 17.7 Å². The molecule has 224 valence electrons. The number of sulfonamides is 1. The number of nitrogens with one attached hydrogen (secondary N) is 1. The van der Waals surface area contributed by atoms with E-state index in [0.29, 0.717) is 44.0 Å². The summed E-state index contributed by atoms with van der Waals surface area (Å²) in [5.41, 5.74) is 0. The standard InChI is InChI=1S/C27H36ClN5O6S2/c1-39-18-25(35)31-12-10-30(11-13-31)16-21-4-2-9-33(21)24(34)17-32-8-3-5-22(27(32)36)29-41(37,38)26-15-19-14-20(28)6-7-23(19)40-26/h6-7,14-15,21-22,29H,2-5,8-13,16-18H2,1H3. The van der Waals surface area contributed by atoms with Crippen LogP contribution < -0.4 is 4.72 Å². The highest BCUT2D eigenvalue weighted by atomic mass is 35.5. The van der Waals surface area contributed by atoms with Crippen molar-refractivity contribution >= 4 is 60.8 Å². The molecule has 2 atom stereocenters. The lowest BCUT2D eigenvalue weighted by atomic mass is 10.1. The van der Waals surface area contributed by atoms with Gasteiger partial charge in [-0.2, -0.15) is 4.72 Å². The minimum atomic E-state index is -3.93. The van der Waals surface area contributed by atoms with E-state index < -0.39 is 16.1 Å². The number of likely N-dealkylation sites (tertiary alicyclic amines) is 2. The Morgan fingerprint density at radius 2 is 1.80 bits per heavy atom. The van der Waals surface area contributed by atoms with Crippen LogP contribution in [0, 0.1) is 0 Å². The Hall–Kier alpha value is -2.29. The zero-order valence-electron chi connectivity index (χ0n) is 23.1. The Labute approximate surface area is 249 Å². The summed E-state index contributed by atoms with van der Waals surface area (Å²) in [4.78, 5) is 46.2. The van der Waals surface area contributed by atoms with Crippen LogP contribution in [0.5, 0.6) is 0 Å². The van der Waals surface area contributed by atoms with Gasteiger partial charge in [0, 0.05) is 68.7 Å². The van der Waals surface area contributed by atoms with Crippen LogP contribution >= 0.6 is 22.9 Å². The van der Waals surface area contributed by atoms with E-state index in [1.807, 2.05) is 4.90 Å². The largest absolute Gasteiger partial charge is 0.375 e. The van der Waals surface area contributed by atoms with Crippen molar-refractivity contribution in [2.45, 2.75) is 42.0 Å². The third-order valence-electron chi connectivity index (χ3n) is 8.03. The number of rotatable bonds is 9. The number of hydrogen-bond acceptors (Lipinski definition) is 8. The van der Waals surface area contributed by atoms with Gasteiger partial charge in [-0.15, -0.1) is 11.3 Å². The molecule has 4 heterocycles. The van der Waals surface area contributed by atoms with Gasteiger partial charge in [-0.3, -0.25) is 19.3 Å². The smallest absolute Gasteiger partial charge is 0.250 e. The van der Waals surface area contributed by atoms with Gasteiger partial charge < -0.3 is 19.4 Å². The number of carbonyl (C=O) groups excluding carboxylic acids is 3. The fourth-order valence-corrected chi connectivity index (χ4v) is 8.67. The van der Waals surface area contributed by atoms with Crippen molar-refractivity contribution < 1.29 is 27.5 Å². The molecule has 0 saturated carbocycles. The molecule has 3 saturated heterocycles. The van der Waals surface area contributed by atoms with Crippen molar-refractivity contribution in [2.75, 3.05) is 66.1 Å². The molecule has 2 aromatic rings. The van der Waals surface area contributed by atoms with E-state index >= 15 is 0 Å². The molecular weight excluding hydrogens is 590 g/mol. The second-order valence-corrected chi connectivity index (χ2v) is 14.3. The molecule has 41 heavy (non-hydrogen) atoms. The first-order valence-corrected chi connectivity index (χ1v) is 16.6. The van der Waals surface area contributed by atoms with E-state index in [1.165, 1.54) is 12.0 Å². The molecule has 3 amide bonds. The van der Waals surface area contributed by atoms with Crippen LogP contribution in [0.4, 0.5) is 0 Å². The number of halogens is 1. The number of fused-ring (bicyclic) bond motifs is 1. The zero-order valence-corrected chi connectivity index (χ0v) is 25.5. The Kier molecular flexibility index (Phi) is 9.51. The molecule has 1 aromatic heterocycles. The maximum absolute atomic E-state index is 13.4. The molecule has 0 spiro atoms. The molecule has 3 aliphatic heterocycles. The maximum atomic E-state index is 13.4. The van der Waals surface area contributed by atoms with Crippen LogP contribution in [-0.4, -0.2) is 124 Å². The van der Waals surface area contributed by atoms with Crippen molar-refractivity contribution in [3.8, 4) is 0 Å². The summed E-state index contributed by atoms with van der Waals surface area (Å²) >= 11 is 7.17. The van der Waals surface area contributed by atoms with E-state index in [0.717, 1.165) is 53.9 Å². The highest BCUT2D eigenvalue weighted by Gasteiger charge is 2.37. The van der Waals surface area contributed by atoms with Gasteiger partial charge in [-0.1, -0.05) is 11.6 Å². The second kappa shape index (κ2) is 12.9. The van der Waals surface area contributed by atoms with E-state index in [-0.39, 0.29) is 41.1 Å². The van der Waals surface area contributed by atoms with Crippen molar-refractivity contribution in [3.05, 3.63) is 29.3 Å². The van der Waals surface area contributed by atoms with Crippen molar-refractivity contribution in [3.63, 3.8) is 0 Å². The zero-order chi connectivity index (χ0) is 29.1. The van der Waals surface area contributed by atoms with Gasteiger partial charge in [-0.25, -0.2) is 8.42 Å². The lowest BCUT2D eigenvalue weighted by Gasteiger charge is -2.38. The highest BCUT2D eigenvalue weighted by Crippen LogP contribution is 2.31. The van der Waals surface area contributed by atoms with Crippen molar-refractivity contribution in [2.24, 2.45) is 0 Å². The lowest BCUT2D eigenvalue weighted by molar-refractivity contribution is -0.143. The number of methoxy groups -OCH3 is 1. The minimum Gasteiger partial charge on any atom is -0.375 e. The Morgan fingerprint density at radius 1 is 1.05 bits per heavy atom. The second-order valence-electron chi connectivity index (χ2n) is 10.8. The number of carbonyl (C=O) groups is 3. The quantitative estimate of drug-likeness (QED) is 0.450. The molecule has 1 N–H and O–H groups in total. The number of amides is 3. The molecular formula is C27H36ClN5O6S2. The number of ether oxygens (including phenoxy) is 1. The predicted octanol–water partition coefficient (Wildman–Crippen LogP) is 1.61. The molecule has 5 rings (SSSR count). The molecule has 14 heteroatoms. The third-order valence-corrected chi connectivity index (χ3v) is 11.3. The molecule has 0 aliphatic carbocycles. The van der Waals surface area contributed by atoms with Gasteiger partial charge in [-0.05, 0) is 55.3 Å². The summed E-state index contributed by atoms with van der Waals surface area (Å²) in [7, 11) is -2.41. The van der Waals surface area contributed by atoms with Crippen LogP contribution in [-0.2, 0) is 29.1 Å². The van der Waals surface area contributed by atoms with Crippen LogP contribution in [0.3, 0.4) is 0 Å². The van der Waals surface area contributed by atoms with Gasteiger partial charge in [0.1, 0.15) is 16.9 Å². The maximum Gasteiger partial charge on any atom is 0.250 e. The Morgan fingerprint density at radius 3 is 2.56 bits per heavy atom. The summed E-state index contributed by atoms with van der Waals surface area (Å²) in [6.07, 6.45) is 2.78. The van der Waals surface area contributed by atoms with Gasteiger partial charge >= 0.3 is 0 Å². The van der Waals surface area contributed by atoms with Gasteiger partial charge in [0.15, 0.2) is 0 Å². The lowest BCUT2D eigenvalue weighted by Crippen LogP contribution is -2.56. The van der Waals surface area contributed by atoms with E-state index in [1.54, 1.807) is 29.2 Å². The average molecular weight is 626 g/mol. The number of nitrogens with zero attached hydrogens (tertiary/aromatic N) is 4. The normalized spacial score (nSPS) is 22.6. The van der Waals surface area contributed by atoms with E-state index in [9.17, 15) is 22.8 Å². The van der Waals surface area contributed by atoms with Crippen molar-refractivity contribution in [1.82, 2.24) is 24.3 Å². The monoisotopic (exact) mass is 625 g/mol. The van der Waals surface area contributed by atoms with E-state index in [2.05, 4.69) is 9.62 Å². The number of thiophene rings is 1. The van der Waals surface area contributed by atoms with Crippen LogP contribution in [0.1, 0.15) is 25.7 Å². The average Bonchev–Trinajstić information content (AvgIpc) is 3.59. The number of piperidine rings is 1. The fraction of sp³-hybridized carbons (Fsp3) is 0.593. The number of benzene rings is 1. The van der Waals surface area contributed by atoms with Crippen LogP contribution in [0.2, 0.25) is 5.02 Å². The highest BCUT2D eigenvalue weighted by molar-refractivity contribution is 7.91. The molecule has 3 aliphatic rings. The Balaban J connectivity index is 1.16. The molecule has 0 radical (unpaired) electrons. The first kappa shape index (κ1) is 30.2. The van der Waals surface area contributed by atoms with Crippen LogP contribution in [0.25, 0.3) is 10.1 Å². The van der Waals surface area contributed by atoms with Gasteiger partial charge in [0.25, 0.3) is 10.0 Å². The molecule has 1 aromatic carbocycles. The third kappa shape index (κ3) is 7.03. The number of hydrogen-bond donors (Lipinski definition) is 1. The summed E-state index contributed by atoms with van der Waals surface area (Å²) in [5.74, 6) is -0.491. The summed E-state index contributed by atoms with van der Waals surface area (Å²) in [5, 5.41) is 1.25.